The lowest BCUT2D eigenvalue weighted by molar-refractivity contribution is 0.641. The van der Waals surface area contributed by atoms with Crippen molar-refractivity contribution in [3.8, 4) is 0 Å². The van der Waals surface area contributed by atoms with Crippen LogP contribution in [0.3, 0.4) is 0 Å². The molecule has 8 rings (SSSR count). The van der Waals surface area contributed by atoms with Gasteiger partial charge in [0.15, 0.2) is 0 Å². The molecule has 0 unspecified atom stereocenters. The standard InChI is InChI=1S/C27H26N2.C14H15N.C13H13N.3CH4/c1-27(2,21-9-5-3-6-10-21)22-13-15-24(16-14-22)29-26-19-17-25(18-20-26)28-23-11-7-4-8-12-23;1-11-3-7-13(8-4-11)15-14-9-5-12(2)6-10-14;1-11-7-9-13(10-8-11)14-12-5-3-2-4-6-12;;;/h3-20,28-29H,1-2H3;3-10,15H,1-2H3;2-10,14H,1H3;3*1H4. The first-order valence-corrected chi connectivity index (χ1v) is 19.8. The second-order valence-corrected chi connectivity index (χ2v) is 15.0. The highest BCUT2D eigenvalue weighted by Gasteiger charge is 2.22. The normalized spacial score (nSPS) is 9.98. The molecule has 0 aliphatic carbocycles. The van der Waals surface area contributed by atoms with Gasteiger partial charge in [0.2, 0.25) is 0 Å². The summed E-state index contributed by atoms with van der Waals surface area (Å²) in [5, 5.41) is 13.6. The number of rotatable bonds is 10. The summed E-state index contributed by atoms with van der Waals surface area (Å²) >= 11 is 0. The lowest BCUT2D eigenvalue weighted by Crippen LogP contribution is -2.18. The zero-order chi connectivity index (χ0) is 40.6. The van der Waals surface area contributed by atoms with Crippen molar-refractivity contribution in [2.45, 2.75) is 62.3 Å². The highest BCUT2D eigenvalue weighted by molar-refractivity contribution is 5.66. The van der Waals surface area contributed by atoms with Gasteiger partial charge in [0.1, 0.15) is 0 Å². The van der Waals surface area contributed by atoms with Gasteiger partial charge < -0.3 is 21.3 Å². The first-order valence-electron chi connectivity index (χ1n) is 19.8. The fourth-order valence-electron chi connectivity index (χ4n) is 6.25. The molecule has 0 bridgehead atoms. The maximum absolute atomic E-state index is 3.49. The van der Waals surface area contributed by atoms with Crippen molar-refractivity contribution in [2.24, 2.45) is 0 Å². The Morgan fingerprint density at radius 2 is 0.443 bits per heavy atom. The smallest absolute Gasteiger partial charge is 0.0385 e. The molecule has 0 radical (unpaired) electrons. The number of benzene rings is 8. The van der Waals surface area contributed by atoms with Gasteiger partial charge in [-0.3, -0.25) is 0 Å². The first-order chi connectivity index (χ1) is 28.2. The van der Waals surface area contributed by atoms with E-state index in [1.54, 1.807) is 0 Å². The number of hydrogen-bond donors (Lipinski definition) is 4. The van der Waals surface area contributed by atoms with Gasteiger partial charge in [0, 0.05) is 50.9 Å². The van der Waals surface area contributed by atoms with E-state index in [0.29, 0.717) is 0 Å². The highest BCUT2D eigenvalue weighted by atomic mass is 14.9. The van der Waals surface area contributed by atoms with Crippen molar-refractivity contribution < 1.29 is 0 Å². The van der Waals surface area contributed by atoms with Crippen LogP contribution < -0.4 is 21.3 Å². The molecular formula is C57H66N4. The van der Waals surface area contributed by atoms with E-state index in [-0.39, 0.29) is 27.7 Å². The lowest BCUT2D eigenvalue weighted by Gasteiger charge is -2.26. The molecule has 0 aliphatic heterocycles. The molecule has 8 aromatic rings. The summed E-state index contributed by atoms with van der Waals surface area (Å²) in [4.78, 5) is 0. The Kier molecular flexibility index (Phi) is 19.1. The first kappa shape index (κ1) is 48.3. The van der Waals surface area contributed by atoms with E-state index in [2.05, 4.69) is 232 Å². The summed E-state index contributed by atoms with van der Waals surface area (Å²) in [6.45, 7) is 10.8. The van der Waals surface area contributed by atoms with Crippen LogP contribution >= 0.6 is 0 Å². The van der Waals surface area contributed by atoms with Gasteiger partial charge in [0.25, 0.3) is 0 Å². The van der Waals surface area contributed by atoms with Crippen LogP contribution in [0.25, 0.3) is 0 Å². The van der Waals surface area contributed by atoms with Crippen molar-refractivity contribution in [1.82, 2.24) is 0 Å². The summed E-state index contributed by atoms with van der Waals surface area (Å²) in [6.07, 6.45) is 0. The minimum Gasteiger partial charge on any atom is -0.356 e. The Morgan fingerprint density at radius 1 is 0.246 bits per heavy atom. The maximum atomic E-state index is 3.49. The Hall–Kier alpha value is -7.04. The van der Waals surface area contributed by atoms with Gasteiger partial charge in [-0.25, -0.2) is 0 Å². The number of hydrogen-bond acceptors (Lipinski definition) is 4. The summed E-state index contributed by atoms with van der Waals surface area (Å²) in [6, 6.07) is 73.3. The molecule has 0 aliphatic rings. The summed E-state index contributed by atoms with van der Waals surface area (Å²) in [5.74, 6) is 0. The van der Waals surface area contributed by atoms with Crippen molar-refractivity contribution in [3.63, 3.8) is 0 Å². The van der Waals surface area contributed by atoms with Gasteiger partial charge in [-0.2, -0.15) is 0 Å². The SMILES string of the molecule is C.C.C.CC(C)(c1ccccc1)c1ccc(Nc2ccc(Nc3ccccc3)cc2)cc1.Cc1ccc(Nc2ccc(C)cc2)cc1.Cc1ccc(Nc2ccccc2)cc1. The molecule has 61 heavy (non-hydrogen) atoms. The molecule has 0 atom stereocenters. The van der Waals surface area contributed by atoms with Crippen molar-refractivity contribution in [2.75, 3.05) is 21.3 Å². The quantitative estimate of drug-likeness (QED) is 0.111. The molecule has 0 fully saturated rings. The van der Waals surface area contributed by atoms with Crippen LogP contribution in [0, 0.1) is 20.8 Å². The van der Waals surface area contributed by atoms with E-state index in [9.17, 15) is 0 Å². The molecule has 314 valence electrons. The van der Waals surface area contributed by atoms with E-state index in [0.717, 1.165) is 45.5 Å². The van der Waals surface area contributed by atoms with Crippen LogP contribution in [0.5, 0.6) is 0 Å². The van der Waals surface area contributed by atoms with Crippen LogP contribution in [-0.4, -0.2) is 0 Å². The molecule has 0 heterocycles. The predicted octanol–water partition coefficient (Wildman–Crippen LogP) is 17.2. The van der Waals surface area contributed by atoms with Crippen molar-refractivity contribution >= 4 is 45.5 Å². The summed E-state index contributed by atoms with van der Waals surface area (Å²) < 4.78 is 0. The topological polar surface area (TPSA) is 48.1 Å². The predicted molar refractivity (Wildman–Crippen MR) is 271 cm³/mol. The average Bonchev–Trinajstić information content (AvgIpc) is 3.26. The van der Waals surface area contributed by atoms with E-state index in [1.165, 1.54) is 27.8 Å². The molecule has 0 aromatic heterocycles. The van der Waals surface area contributed by atoms with Gasteiger partial charge in [0.05, 0.1) is 0 Å². The van der Waals surface area contributed by atoms with Crippen LogP contribution in [0.15, 0.2) is 212 Å². The number of nitrogens with one attached hydrogen (secondary N) is 4. The van der Waals surface area contributed by atoms with E-state index in [4.69, 9.17) is 0 Å². The zero-order valence-electron chi connectivity index (χ0n) is 34.2. The van der Waals surface area contributed by atoms with Crippen LogP contribution in [-0.2, 0) is 5.41 Å². The van der Waals surface area contributed by atoms with E-state index in [1.807, 2.05) is 36.4 Å². The minimum atomic E-state index is -0.0233. The molecular weight excluding hydrogens is 741 g/mol. The third-order valence-corrected chi connectivity index (χ3v) is 9.84. The van der Waals surface area contributed by atoms with Crippen LogP contribution in [0.1, 0.15) is 63.9 Å². The third kappa shape index (κ3) is 15.3. The van der Waals surface area contributed by atoms with Crippen molar-refractivity contribution in [1.29, 1.82) is 0 Å². The Balaban J connectivity index is 0.000000263. The number of anilines is 8. The summed E-state index contributed by atoms with van der Waals surface area (Å²) in [7, 11) is 0. The summed E-state index contributed by atoms with van der Waals surface area (Å²) in [5.41, 5.74) is 15.3. The molecule has 4 nitrogen and oxygen atoms in total. The maximum Gasteiger partial charge on any atom is 0.0385 e. The van der Waals surface area contributed by atoms with Gasteiger partial charge in [-0.05, 0) is 129 Å². The fraction of sp³-hybridized carbons (Fsp3) is 0.158. The molecule has 0 amide bonds. The molecule has 0 saturated carbocycles. The lowest BCUT2D eigenvalue weighted by atomic mass is 9.78. The second-order valence-electron chi connectivity index (χ2n) is 15.0. The number of para-hydroxylation sites is 2. The highest BCUT2D eigenvalue weighted by Crippen LogP contribution is 2.32. The average molecular weight is 807 g/mol. The van der Waals surface area contributed by atoms with Crippen LogP contribution in [0.2, 0.25) is 0 Å². The second kappa shape index (κ2) is 24.1. The Morgan fingerprint density at radius 3 is 0.721 bits per heavy atom. The molecule has 8 aromatic carbocycles. The number of aryl methyl sites for hydroxylation is 3. The molecule has 0 saturated heterocycles. The molecule has 0 spiro atoms. The monoisotopic (exact) mass is 807 g/mol. The van der Waals surface area contributed by atoms with E-state index >= 15 is 0 Å². The van der Waals surface area contributed by atoms with Gasteiger partial charge in [-0.15, -0.1) is 0 Å². The van der Waals surface area contributed by atoms with Gasteiger partial charge >= 0.3 is 0 Å². The Bertz CT molecular complexity index is 2330. The van der Waals surface area contributed by atoms with Crippen molar-refractivity contribution in [3.05, 3.63) is 240 Å². The largest absolute Gasteiger partial charge is 0.356 e. The van der Waals surface area contributed by atoms with Gasteiger partial charge in [-0.1, -0.05) is 168 Å². The third-order valence-electron chi connectivity index (χ3n) is 9.84. The van der Waals surface area contributed by atoms with Crippen LogP contribution in [0.4, 0.5) is 45.5 Å². The Labute approximate surface area is 367 Å². The zero-order valence-corrected chi connectivity index (χ0v) is 34.2. The minimum absolute atomic E-state index is 0. The van der Waals surface area contributed by atoms with E-state index < -0.39 is 0 Å². The molecule has 4 heteroatoms. The fourth-order valence-corrected chi connectivity index (χ4v) is 6.25. The molecule has 4 N–H and O–H groups in total.